The Hall–Kier alpha value is -2.73. The minimum absolute atomic E-state index is 0.0335. The van der Waals surface area contributed by atoms with Gasteiger partial charge >= 0.3 is 0 Å². The summed E-state index contributed by atoms with van der Waals surface area (Å²) >= 11 is 1.40. The molecule has 0 bridgehead atoms. The normalized spacial score (nSPS) is 11.4. The number of carbonyl (C=O) groups is 2. The van der Waals surface area contributed by atoms with Gasteiger partial charge in [-0.15, -0.1) is 0 Å². The van der Waals surface area contributed by atoms with Crippen LogP contribution < -0.4 is 10.6 Å². The van der Waals surface area contributed by atoms with Gasteiger partial charge in [0.2, 0.25) is 5.91 Å². The fourth-order valence-electron chi connectivity index (χ4n) is 2.79. The highest BCUT2D eigenvalue weighted by Gasteiger charge is 2.15. The molecule has 6 heteroatoms. The van der Waals surface area contributed by atoms with Gasteiger partial charge in [-0.1, -0.05) is 51.2 Å². The van der Waals surface area contributed by atoms with Crippen LogP contribution in [0, 0.1) is 0 Å². The molecule has 0 aliphatic heterocycles. The second kappa shape index (κ2) is 8.10. The van der Waals surface area contributed by atoms with Crippen molar-refractivity contribution >= 4 is 44.2 Å². The van der Waals surface area contributed by atoms with E-state index in [1.165, 1.54) is 16.9 Å². The average molecular weight is 396 g/mol. The quantitative estimate of drug-likeness (QED) is 0.592. The van der Waals surface area contributed by atoms with Crippen LogP contribution in [0.15, 0.2) is 42.5 Å². The van der Waals surface area contributed by atoms with Crippen LogP contribution in [-0.4, -0.2) is 16.8 Å². The van der Waals surface area contributed by atoms with Gasteiger partial charge in [0.15, 0.2) is 5.13 Å². The van der Waals surface area contributed by atoms with Crippen molar-refractivity contribution in [1.82, 2.24) is 4.98 Å². The molecule has 0 saturated carbocycles. The molecule has 0 saturated heterocycles. The number of fused-ring (bicyclic) bond motifs is 1. The van der Waals surface area contributed by atoms with Gasteiger partial charge in [-0.2, -0.15) is 0 Å². The summed E-state index contributed by atoms with van der Waals surface area (Å²) in [7, 11) is 0. The van der Waals surface area contributed by atoms with Crippen molar-refractivity contribution in [2.45, 2.75) is 46.0 Å². The van der Waals surface area contributed by atoms with Gasteiger partial charge in [-0.05, 0) is 47.7 Å². The first-order chi connectivity index (χ1) is 13.3. The van der Waals surface area contributed by atoms with Crippen molar-refractivity contribution in [1.29, 1.82) is 0 Å². The summed E-state index contributed by atoms with van der Waals surface area (Å²) in [6.45, 7) is 8.39. The van der Waals surface area contributed by atoms with Crippen LogP contribution in [0.25, 0.3) is 10.2 Å². The summed E-state index contributed by atoms with van der Waals surface area (Å²) < 4.78 is 0.910. The number of nitrogens with zero attached hydrogens (tertiary/aromatic N) is 1. The molecule has 1 heterocycles. The lowest BCUT2D eigenvalue weighted by Gasteiger charge is -2.19. The van der Waals surface area contributed by atoms with Gasteiger partial charge in [-0.3, -0.25) is 9.59 Å². The first kappa shape index (κ1) is 20.0. The van der Waals surface area contributed by atoms with E-state index in [2.05, 4.69) is 36.4 Å². The van der Waals surface area contributed by atoms with Crippen LogP contribution in [0.3, 0.4) is 0 Å². The smallest absolute Gasteiger partial charge is 0.255 e. The Morgan fingerprint density at radius 3 is 2.39 bits per heavy atom. The standard InChI is InChI=1S/C22H25N3O2S/c1-5-6-19(26)25-21-24-17-12-11-16(13-18(17)28-21)23-20(27)14-7-9-15(10-8-14)22(2,3)4/h7-13H,5-6H2,1-4H3,(H,23,27)(H,24,25,26). The van der Waals surface area contributed by atoms with Gasteiger partial charge in [0.05, 0.1) is 10.2 Å². The van der Waals surface area contributed by atoms with Crippen molar-refractivity contribution in [2.75, 3.05) is 10.6 Å². The molecule has 2 amide bonds. The number of hydrogen-bond acceptors (Lipinski definition) is 4. The third-order valence-corrected chi connectivity index (χ3v) is 5.32. The van der Waals surface area contributed by atoms with E-state index in [9.17, 15) is 9.59 Å². The molecule has 0 fully saturated rings. The zero-order valence-electron chi connectivity index (χ0n) is 16.6. The van der Waals surface area contributed by atoms with E-state index in [0.717, 1.165) is 16.6 Å². The van der Waals surface area contributed by atoms with Crippen LogP contribution in [0.5, 0.6) is 0 Å². The molecule has 0 radical (unpaired) electrons. The Bertz CT molecular complexity index is 1000. The summed E-state index contributed by atoms with van der Waals surface area (Å²) in [5, 5.41) is 6.33. The molecule has 2 N–H and O–H groups in total. The summed E-state index contributed by atoms with van der Waals surface area (Å²) in [5.41, 5.74) is 3.35. The number of nitrogens with one attached hydrogen (secondary N) is 2. The van der Waals surface area contributed by atoms with E-state index in [1.54, 1.807) is 0 Å². The second-order valence-corrected chi connectivity index (χ2v) is 8.81. The maximum Gasteiger partial charge on any atom is 0.255 e. The largest absolute Gasteiger partial charge is 0.322 e. The molecule has 0 spiro atoms. The minimum atomic E-state index is -0.152. The maximum atomic E-state index is 12.6. The molecule has 1 aromatic heterocycles. The Morgan fingerprint density at radius 1 is 1.04 bits per heavy atom. The maximum absolute atomic E-state index is 12.6. The fourth-order valence-corrected chi connectivity index (χ4v) is 3.71. The number of amides is 2. The third kappa shape index (κ3) is 4.75. The number of thiazole rings is 1. The number of rotatable bonds is 5. The first-order valence-corrected chi connectivity index (χ1v) is 10.2. The van der Waals surface area contributed by atoms with Crippen LogP contribution in [0.1, 0.15) is 56.5 Å². The lowest BCUT2D eigenvalue weighted by atomic mass is 9.87. The lowest BCUT2D eigenvalue weighted by Crippen LogP contribution is -2.14. The minimum Gasteiger partial charge on any atom is -0.322 e. The van der Waals surface area contributed by atoms with Crippen molar-refractivity contribution < 1.29 is 9.59 Å². The zero-order chi connectivity index (χ0) is 20.3. The zero-order valence-corrected chi connectivity index (χ0v) is 17.4. The SMILES string of the molecule is CCCC(=O)Nc1nc2ccc(NC(=O)c3ccc(C(C)(C)C)cc3)cc2s1. The van der Waals surface area contributed by atoms with Crippen molar-refractivity contribution in [3.8, 4) is 0 Å². The van der Waals surface area contributed by atoms with Crippen LogP contribution in [0.2, 0.25) is 0 Å². The number of carbonyl (C=O) groups excluding carboxylic acids is 2. The summed E-state index contributed by atoms with van der Waals surface area (Å²) in [6, 6.07) is 13.2. The third-order valence-electron chi connectivity index (χ3n) is 4.38. The summed E-state index contributed by atoms with van der Waals surface area (Å²) in [4.78, 5) is 28.7. The van der Waals surface area contributed by atoms with Gasteiger partial charge in [0, 0.05) is 17.7 Å². The molecule has 0 unspecified atom stereocenters. The lowest BCUT2D eigenvalue weighted by molar-refractivity contribution is -0.116. The molecule has 3 aromatic rings. The van der Waals surface area contributed by atoms with E-state index in [1.807, 2.05) is 49.4 Å². The molecule has 2 aromatic carbocycles. The van der Waals surface area contributed by atoms with E-state index < -0.39 is 0 Å². The molecule has 28 heavy (non-hydrogen) atoms. The van der Waals surface area contributed by atoms with Gasteiger partial charge in [-0.25, -0.2) is 4.98 Å². The molecule has 0 atom stereocenters. The average Bonchev–Trinajstić information content (AvgIpc) is 3.02. The molecular formula is C22H25N3O2S. The fraction of sp³-hybridized carbons (Fsp3) is 0.318. The Kier molecular flexibility index (Phi) is 5.79. The second-order valence-electron chi connectivity index (χ2n) is 7.78. The van der Waals surface area contributed by atoms with Crippen LogP contribution >= 0.6 is 11.3 Å². The van der Waals surface area contributed by atoms with Gasteiger partial charge < -0.3 is 10.6 Å². The van der Waals surface area contributed by atoms with Crippen LogP contribution in [0.4, 0.5) is 10.8 Å². The summed E-state index contributed by atoms with van der Waals surface area (Å²) in [5.74, 6) is -0.186. The predicted molar refractivity (Wildman–Crippen MR) is 116 cm³/mol. The van der Waals surface area contributed by atoms with Crippen LogP contribution in [-0.2, 0) is 10.2 Å². The number of benzene rings is 2. The Morgan fingerprint density at radius 2 is 1.75 bits per heavy atom. The predicted octanol–water partition coefficient (Wildman–Crippen LogP) is 5.58. The van der Waals surface area contributed by atoms with E-state index >= 15 is 0 Å². The van der Waals surface area contributed by atoms with Crippen molar-refractivity contribution in [3.05, 3.63) is 53.6 Å². The van der Waals surface area contributed by atoms with Gasteiger partial charge in [0.25, 0.3) is 5.91 Å². The van der Waals surface area contributed by atoms with Gasteiger partial charge in [0.1, 0.15) is 0 Å². The number of aromatic nitrogens is 1. The van der Waals surface area contributed by atoms with E-state index in [-0.39, 0.29) is 17.2 Å². The topological polar surface area (TPSA) is 71.1 Å². The molecule has 0 aliphatic carbocycles. The highest BCUT2D eigenvalue weighted by molar-refractivity contribution is 7.22. The molecule has 3 rings (SSSR count). The monoisotopic (exact) mass is 395 g/mol. The number of hydrogen-bond donors (Lipinski definition) is 2. The molecule has 146 valence electrons. The molecule has 5 nitrogen and oxygen atoms in total. The Labute approximate surface area is 169 Å². The number of anilines is 2. The molecular weight excluding hydrogens is 370 g/mol. The van der Waals surface area contributed by atoms with E-state index in [4.69, 9.17) is 0 Å². The first-order valence-electron chi connectivity index (χ1n) is 9.38. The van der Waals surface area contributed by atoms with Crippen molar-refractivity contribution in [3.63, 3.8) is 0 Å². The van der Waals surface area contributed by atoms with Crippen molar-refractivity contribution in [2.24, 2.45) is 0 Å². The summed E-state index contributed by atoms with van der Waals surface area (Å²) in [6.07, 6.45) is 1.27. The van der Waals surface area contributed by atoms with E-state index in [0.29, 0.717) is 22.8 Å². The molecule has 0 aliphatic rings. The Balaban J connectivity index is 1.73. The highest BCUT2D eigenvalue weighted by Crippen LogP contribution is 2.29. The highest BCUT2D eigenvalue weighted by atomic mass is 32.1.